The Morgan fingerprint density at radius 2 is 0.848 bits per heavy atom. The molecule has 216 valence electrons. The molecular formula is C45H31N. The number of aromatic nitrogens is 1. The van der Waals surface area contributed by atoms with Crippen LogP contribution in [-0.2, 0) is 0 Å². The van der Waals surface area contributed by atoms with Crippen LogP contribution in [0.25, 0.3) is 82.4 Å². The fourth-order valence-corrected chi connectivity index (χ4v) is 7.36. The molecule has 0 radical (unpaired) electrons. The molecule has 0 aliphatic rings. The molecule has 46 heavy (non-hydrogen) atoms. The van der Waals surface area contributed by atoms with E-state index in [1.54, 1.807) is 0 Å². The first kappa shape index (κ1) is 26.5. The van der Waals surface area contributed by atoms with Gasteiger partial charge < -0.3 is 4.57 Å². The Morgan fingerprint density at radius 1 is 0.326 bits per heavy atom. The van der Waals surface area contributed by atoms with Gasteiger partial charge in [-0.05, 0) is 92.2 Å². The molecule has 0 aliphatic carbocycles. The molecule has 0 amide bonds. The summed E-state index contributed by atoms with van der Waals surface area (Å²) in [5, 5.41) is 7.66. The number of benzene rings is 8. The summed E-state index contributed by atoms with van der Waals surface area (Å²) in [6, 6.07) is 62.0. The van der Waals surface area contributed by atoms with Crippen molar-refractivity contribution in [2.45, 2.75) is 6.92 Å². The standard InChI is InChI=1S/C45H31N/c1-30-20-26-39-41(28-30)45(32-14-6-3-7-15-32)38-18-9-8-17-37(38)44(39)33-21-24-35(25-22-33)46-42-19-11-10-16-36(42)40-29-34(23-27-43(40)46)31-12-4-2-5-13-31/h2-29H,1H3. The molecular weight excluding hydrogens is 555 g/mol. The van der Waals surface area contributed by atoms with Crippen LogP contribution in [0.3, 0.4) is 0 Å². The highest BCUT2D eigenvalue weighted by Gasteiger charge is 2.18. The number of hydrogen-bond acceptors (Lipinski definition) is 0. The number of para-hydroxylation sites is 1. The van der Waals surface area contributed by atoms with E-state index in [-0.39, 0.29) is 0 Å². The molecule has 0 atom stereocenters. The minimum absolute atomic E-state index is 1.16. The lowest BCUT2D eigenvalue weighted by Crippen LogP contribution is -1.95. The Balaban J connectivity index is 1.25. The zero-order chi connectivity index (χ0) is 30.6. The summed E-state index contributed by atoms with van der Waals surface area (Å²) in [4.78, 5) is 0. The van der Waals surface area contributed by atoms with Gasteiger partial charge in [0, 0.05) is 16.5 Å². The molecule has 1 nitrogen and oxygen atoms in total. The summed E-state index contributed by atoms with van der Waals surface area (Å²) in [5.74, 6) is 0. The van der Waals surface area contributed by atoms with Crippen LogP contribution in [0.1, 0.15) is 5.56 Å². The van der Waals surface area contributed by atoms with Gasteiger partial charge >= 0.3 is 0 Å². The van der Waals surface area contributed by atoms with Crippen molar-refractivity contribution in [3.63, 3.8) is 0 Å². The summed E-state index contributed by atoms with van der Waals surface area (Å²) >= 11 is 0. The van der Waals surface area contributed by atoms with Crippen LogP contribution < -0.4 is 0 Å². The van der Waals surface area contributed by atoms with Crippen molar-refractivity contribution in [1.82, 2.24) is 4.57 Å². The average Bonchev–Trinajstić information content (AvgIpc) is 3.45. The molecule has 0 unspecified atom stereocenters. The summed E-state index contributed by atoms with van der Waals surface area (Å²) in [7, 11) is 0. The molecule has 0 fully saturated rings. The van der Waals surface area contributed by atoms with Gasteiger partial charge in [-0.3, -0.25) is 0 Å². The van der Waals surface area contributed by atoms with Gasteiger partial charge in [0.15, 0.2) is 0 Å². The third-order valence-corrected chi connectivity index (χ3v) is 9.44. The largest absolute Gasteiger partial charge is 0.309 e. The van der Waals surface area contributed by atoms with E-state index >= 15 is 0 Å². The summed E-state index contributed by atoms with van der Waals surface area (Å²) in [6.45, 7) is 2.19. The molecule has 1 aromatic heterocycles. The van der Waals surface area contributed by atoms with Crippen molar-refractivity contribution in [2.24, 2.45) is 0 Å². The maximum absolute atomic E-state index is 2.40. The zero-order valence-corrected chi connectivity index (χ0v) is 25.6. The van der Waals surface area contributed by atoms with Gasteiger partial charge in [0.05, 0.1) is 11.0 Å². The molecule has 1 heterocycles. The first-order valence-corrected chi connectivity index (χ1v) is 15.9. The highest BCUT2D eigenvalue weighted by Crippen LogP contribution is 2.44. The lowest BCUT2D eigenvalue weighted by atomic mass is 9.85. The number of aryl methyl sites for hydroxylation is 1. The molecule has 8 aromatic carbocycles. The molecule has 0 aliphatic heterocycles. The van der Waals surface area contributed by atoms with E-state index in [9.17, 15) is 0 Å². The van der Waals surface area contributed by atoms with Crippen LogP contribution in [0.2, 0.25) is 0 Å². The second-order valence-corrected chi connectivity index (χ2v) is 12.2. The van der Waals surface area contributed by atoms with Crippen molar-refractivity contribution < 1.29 is 0 Å². The van der Waals surface area contributed by atoms with Crippen LogP contribution in [0.15, 0.2) is 170 Å². The van der Waals surface area contributed by atoms with Crippen molar-refractivity contribution in [3.8, 4) is 39.1 Å². The Labute approximate surface area is 268 Å². The lowest BCUT2D eigenvalue weighted by molar-refractivity contribution is 1.18. The maximum atomic E-state index is 2.40. The van der Waals surface area contributed by atoms with Crippen molar-refractivity contribution in [2.75, 3.05) is 0 Å². The van der Waals surface area contributed by atoms with Crippen LogP contribution in [0.5, 0.6) is 0 Å². The summed E-state index contributed by atoms with van der Waals surface area (Å²) in [6.07, 6.45) is 0. The molecule has 0 saturated carbocycles. The Morgan fingerprint density at radius 3 is 1.57 bits per heavy atom. The van der Waals surface area contributed by atoms with Gasteiger partial charge in [0.25, 0.3) is 0 Å². The Kier molecular flexibility index (Phi) is 6.11. The van der Waals surface area contributed by atoms with E-state index in [4.69, 9.17) is 0 Å². The van der Waals surface area contributed by atoms with E-state index in [2.05, 4.69) is 181 Å². The second-order valence-electron chi connectivity index (χ2n) is 12.2. The first-order chi connectivity index (χ1) is 22.7. The fraction of sp³-hybridized carbons (Fsp3) is 0.0222. The predicted molar refractivity (Wildman–Crippen MR) is 197 cm³/mol. The van der Waals surface area contributed by atoms with E-state index in [0.717, 1.165) is 5.69 Å². The number of nitrogens with zero attached hydrogens (tertiary/aromatic N) is 1. The van der Waals surface area contributed by atoms with Crippen LogP contribution in [0.4, 0.5) is 0 Å². The maximum Gasteiger partial charge on any atom is 0.0541 e. The van der Waals surface area contributed by atoms with Gasteiger partial charge in [-0.1, -0.05) is 145 Å². The molecule has 9 rings (SSSR count). The molecule has 0 spiro atoms. The predicted octanol–water partition coefficient (Wildman–Crippen LogP) is 12.4. The molecule has 9 aromatic rings. The second kappa shape index (κ2) is 10.6. The molecule has 0 saturated heterocycles. The quantitative estimate of drug-likeness (QED) is 0.181. The highest BCUT2D eigenvalue weighted by atomic mass is 15.0. The third-order valence-electron chi connectivity index (χ3n) is 9.44. The SMILES string of the molecule is Cc1ccc2c(-c3ccc(-n4c5ccccc5c5cc(-c6ccccc6)ccc54)cc3)c3ccccc3c(-c3ccccc3)c2c1. The van der Waals surface area contributed by atoms with Gasteiger partial charge in [0.2, 0.25) is 0 Å². The van der Waals surface area contributed by atoms with Crippen molar-refractivity contribution in [1.29, 1.82) is 0 Å². The lowest BCUT2D eigenvalue weighted by Gasteiger charge is -2.18. The minimum atomic E-state index is 1.16. The van der Waals surface area contributed by atoms with E-state index in [1.807, 2.05) is 0 Å². The molecule has 1 heteroatoms. The minimum Gasteiger partial charge on any atom is -0.309 e. The Hall–Kier alpha value is -5.92. The first-order valence-electron chi connectivity index (χ1n) is 15.9. The van der Waals surface area contributed by atoms with Crippen molar-refractivity contribution >= 4 is 43.4 Å². The van der Waals surface area contributed by atoms with E-state index < -0.39 is 0 Å². The average molecular weight is 586 g/mol. The zero-order valence-electron chi connectivity index (χ0n) is 25.6. The topological polar surface area (TPSA) is 4.93 Å². The fourth-order valence-electron chi connectivity index (χ4n) is 7.36. The van der Waals surface area contributed by atoms with Crippen LogP contribution in [0, 0.1) is 6.92 Å². The van der Waals surface area contributed by atoms with Gasteiger partial charge in [-0.15, -0.1) is 0 Å². The number of fused-ring (bicyclic) bond motifs is 5. The van der Waals surface area contributed by atoms with Gasteiger partial charge in [-0.25, -0.2) is 0 Å². The van der Waals surface area contributed by atoms with Gasteiger partial charge in [-0.2, -0.15) is 0 Å². The normalized spacial score (nSPS) is 11.6. The van der Waals surface area contributed by atoms with E-state index in [0.29, 0.717) is 0 Å². The smallest absolute Gasteiger partial charge is 0.0541 e. The summed E-state index contributed by atoms with van der Waals surface area (Å²) < 4.78 is 2.40. The number of hydrogen-bond donors (Lipinski definition) is 0. The monoisotopic (exact) mass is 585 g/mol. The molecule has 0 bridgehead atoms. The highest BCUT2D eigenvalue weighted by molar-refractivity contribution is 6.21. The van der Waals surface area contributed by atoms with Crippen LogP contribution in [-0.4, -0.2) is 4.57 Å². The van der Waals surface area contributed by atoms with E-state index in [1.165, 1.54) is 82.3 Å². The van der Waals surface area contributed by atoms with Crippen LogP contribution >= 0.6 is 0 Å². The third kappa shape index (κ3) is 4.17. The Bertz CT molecular complexity index is 2550. The van der Waals surface area contributed by atoms with Gasteiger partial charge in [0.1, 0.15) is 0 Å². The summed E-state index contributed by atoms with van der Waals surface area (Å²) in [5.41, 5.74) is 12.4. The van der Waals surface area contributed by atoms with Crippen molar-refractivity contribution in [3.05, 3.63) is 175 Å². The number of rotatable bonds is 4. The molecule has 0 N–H and O–H groups in total.